The molecule has 6 nitrogen and oxygen atoms in total. The molecule has 184 valence electrons. The molecular weight excluding hydrogens is 420 g/mol. The third kappa shape index (κ3) is 3.72. The number of rotatable bonds is 6. The van der Waals surface area contributed by atoms with Crippen LogP contribution in [0.2, 0.25) is 0 Å². The van der Waals surface area contributed by atoms with Gasteiger partial charge in [0.2, 0.25) is 5.78 Å². The van der Waals surface area contributed by atoms with Crippen LogP contribution < -0.4 is 0 Å². The Kier molecular flexibility index (Phi) is 6.41. The number of hydrogen-bond acceptors (Lipinski definition) is 6. The Bertz CT molecular complexity index is 863. The molecule has 4 aliphatic carbocycles. The van der Waals surface area contributed by atoms with E-state index in [0.717, 1.165) is 32.1 Å². The smallest absolute Gasteiger partial charge is 0.303 e. The summed E-state index contributed by atoms with van der Waals surface area (Å²) in [5.41, 5.74) is 0.0460. The Labute approximate surface area is 197 Å². The average Bonchev–Trinajstić information content (AvgIpc) is 3.06. The molecule has 3 fully saturated rings. The minimum Gasteiger partial charge on any atom is -0.458 e. The Hall–Kier alpha value is -1.53. The third-order valence-corrected chi connectivity index (χ3v) is 9.95. The molecule has 0 aromatic rings. The summed E-state index contributed by atoms with van der Waals surface area (Å²) < 4.78 is 17.0. The van der Waals surface area contributed by atoms with E-state index in [9.17, 15) is 14.4 Å². The van der Waals surface area contributed by atoms with E-state index >= 15 is 0 Å². The van der Waals surface area contributed by atoms with Crippen molar-refractivity contribution in [1.82, 2.24) is 0 Å². The van der Waals surface area contributed by atoms with Gasteiger partial charge in [-0.2, -0.15) is 0 Å². The first kappa shape index (κ1) is 24.6. The lowest BCUT2D eigenvalue weighted by Crippen LogP contribution is -2.60. The zero-order valence-corrected chi connectivity index (χ0v) is 21.1. The first-order chi connectivity index (χ1) is 15.5. The summed E-state index contributed by atoms with van der Waals surface area (Å²) >= 11 is 0. The van der Waals surface area contributed by atoms with Gasteiger partial charge in [0.15, 0.2) is 18.7 Å². The molecule has 4 aliphatic rings. The number of ketones is 2. The standard InChI is InChI=1S/C27H40O6/c1-16-13-20-21(25(4)10-7-19(29)14-23(16)25)8-11-26(5)22(20)9-12-27(26,33-18(3)31-6)24(30)15-32-17(2)28/h14,16,18,20-22H,7-13,15H2,1-6H3/t16-,18?,20+,21-,22-,25+,26-,27-/m0/s1. The number of allylic oxidation sites excluding steroid dienone is 1. The van der Waals surface area contributed by atoms with Crippen LogP contribution in [0.15, 0.2) is 11.6 Å². The van der Waals surface area contributed by atoms with Crippen LogP contribution in [0.4, 0.5) is 0 Å². The maximum Gasteiger partial charge on any atom is 0.303 e. The van der Waals surface area contributed by atoms with Gasteiger partial charge in [-0.25, -0.2) is 0 Å². The summed E-state index contributed by atoms with van der Waals surface area (Å²) in [7, 11) is 1.59. The summed E-state index contributed by atoms with van der Waals surface area (Å²) in [6.45, 7) is 9.75. The summed E-state index contributed by atoms with van der Waals surface area (Å²) in [6, 6.07) is 0. The van der Waals surface area contributed by atoms with Gasteiger partial charge in [0.25, 0.3) is 0 Å². The minimum absolute atomic E-state index is 0.0608. The van der Waals surface area contributed by atoms with Crippen LogP contribution in [0, 0.1) is 34.5 Å². The number of Topliss-reactive ketones (excluding diaryl/α,β-unsaturated/α-hetero) is 1. The predicted molar refractivity (Wildman–Crippen MR) is 123 cm³/mol. The van der Waals surface area contributed by atoms with Gasteiger partial charge < -0.3 is 14.2 Å². The van der Waals surface area contributed by atoms with Gasteiger partial charge in [0, 0.05) is 25.9 Å². The number of esters is 1. The quantitative estimate of drug-likeness (QED) is 0.424. The molecule has 0 heterocycles. The summed E-state index contributed by atoms with van der Waals surface area (Å²) in [5.74, 6) is 1.38. The molecule has 1 unspecified atom stereocenters. The van der Waals surface area contributed by atoms with Crippen LogP contribution in [0.5, 0.6) is 0 Å². The molecule has 0 aromatic heterocycles. The van der Waals surface area contributed by atoms with E-state index in [1.807, 2.05) is 13.0 Å². The molecular formula is C27H40O6. The van der Waals surface area contributed by atoms with Crippen molar-refractivity contribution in [2.75, 3.05) is 13.7 Å². The molecule has 0 aliphatic heterocycles. The maximum atomic E-state index is 13.6. The molecule has 0 N–H and O–H groups in total. The SMILES string of the molecule is COC(C)O[C@]1(C(=O)COC(C)=O)CC[C@H]2[C@@H]3C[C@H](C)C4=CC(=O)CC[C@]4(C)[C@H]3CC[C@@]21C. The second-order valence-corrected chi connectivity index (χ2v) is 11.4. The van der Waals surface area contributed by atoms with Gasteiger partial charge >= 0.3 is 5.97 Å². The molecule has 6 heteroatoms. The number of ether oxygens (including phenoxy) is 3. The van der Waals surface area contributed by atoms with Crippen LogP contribution in [0.3, 0.4) is 0 Å². The van der Waals surface area contributed by atoms with Crippen molar-refractivity contribution in [1.29, 1.82) is 0 Å². The molecule has 8 atom stereocenters. The Morgan fingerprint density at radius 1 is 1.15 bits per heavy atom. The van der Waals surface area contributed by atoms with Crippen LogP contribution in [0.1, 0.15) is 79.6 Å². The number of fused-ring (bicyclic) bond motifs is 5. The van der Waals surface area contributed by atoms with Crippen LogP contribution in [-0.4, -0.2) is 43.1 Å². The normalized spacial score (nSPS) is 43.1. The lowest BCUT2D eigenvalue weighted by Gasteiger charge is -2.60. The molecule has 0 radical (unpaired) electrons. The summed E-state index contributed by atoms with van der Waals surface area (Å²) in [5, 5.41) is 0. The first-order valence-corrected chi connectivity index (χ1v) is 12.6. The highest BCUT2D eigenvalue weighted by Gasteiger charge is 2.68. The number of carbonyl (C=O) groups is 3. The maximum absolute atomic E-state index is 13.6. The Balaban J connectivity index is 1.69. The van der Waals surface area contributed by atoms with E-state index in [0.29, 0.717) is 36.5 Å². The molecule has 33 heavy (non-hydrogen) atoms. The van der Waals surface area contributed by atoms with Crippen molar-refractivity contribution >= 4 is 17.5 Å². The van der Waals surface area contributed by atoms with Gasteiger partial charge in [0.1, 0.15) is 5.60 Å². The molecule has 4 rings (SSSR count). The van der Waals surface area contributed by atoms with Crippen molar-refractivity contribution < 1.29 is 28.6 Å². The lowest BCUT2D eigenvalue weighted by molar-refractivity contribution is -0.235. The molecule has 0 bridgehead atoms. The van der Waals surface area contributed by atoms with Crippen molar-refractivity contribution in [2.24, 2.45) is 34.5 Å². The molecule has 3 saturated carbocycles. The van der Waals surface area contributed by atoms with E-state index in [4.69, 9.17) is 14.2 Å². The Morgan fingerprint density at radius 3 is 2.52 bits per heavy atom. The fraction of sp³-hybridized carbons (Fsp3) is 0.815. The van der Waals surface area contributed by atoms with Crippen molar-refractivity contribution in [3.63, 3.8) is 0 Å². The second-order valence-electron chi connectivity index (χ2n) is 11.4. The lowest BCUT2D eigenvalue weighted by atomic mass is 9.44. The fourth-order valence-corrected chi connectivity index (χ4v) is 8.32. The third-order valence-electron chi connectivity index (χ3n) is 9.95. The van der Waals surface area contributed by atoms with Crippen molar-refractivity contribution in [3.05, 3.63) is 11.6 Å². The van der Waals surface area contributed by atoms with Crippen molar-refractivity contribution in [2.45, 2.75) is 91.5 Å². The van der Waals surface area contributed by atoms with Gasteiger partial charge in [-0.05, 0) is 80.6 Å². The van der Waals surface area contributed by atoms with E-state index in [1.54, 1.807) is 7.11 Å². The van der Waals surface area contributed by atoms with Crippen molar-refractivity contribution in [3.8, 4) is 0 Å². The predicted octanol–water partition coefficient (Wildman–Crippen LogP) is 4.64. The molecule has 0 saturated heterocycles. The van der Waals surface area contributed by atoms with E-state index in [2.05, 4.69) is 20.8 Å². The monoisotopic (exact) mass is 460 g/mol. The highest BCUT2D eigenvalue weighted by Crippen LogP contribution is 2.69. The highest BCUT2D eigenvalue weighted by molar-refractivity contribution is 5.92. The summed E-state index contributed by atoms with van der Waals surface area (Å²) in [6.07, 6.45) is 7.47. The zero-order chi connectivity index (χ0) is 24.2. The van der Waals surface area contributed by atoms with Gasteiger partial charge in [-0.3, -0.25) is 14.4 Å². The number of hydrogen-bond donors (Lipinski definition) is 0. The fourth-order valence-electron chi connectivity index (χ4n) is 8.32. The Morgan fingerprint density at radius 2 is 1.85 bits per heavy atom. The number of methoxy groups -OCH3 is 1. The van der Waals surface area contributed by atoms with Crippen LogP contribution in [-0.2, 0) is 28.6 Å². The van der Waals surface area contributed by atoms with Gasteiger partial charge in [-0.1, -0.05) is 26.3 Å². The average molecular weight is 461 g/mol. The second kappa shape index (κ2) is 8.60. The summed E-state index contributed by atoms with van der Waals surface area (Å²) in [4.78, 5) is 37.3. The molecule has 0 spiro atoms. The van der Waals surface area contributed by atoms with Crippen LogP contribution >= 0.6 is 0 Å². The minimum atomic E-state index is -1.02. The molecule has 0 aromatic carbocycles. The van der Waals surface area contributed by atoms with Gasteiger partial charge in [-0.15, -0.1) is 0 Å². The van der Waals surface area contributed by atoms with E-state index in [1.165, 1.54) is 12.5 Å². The first-order valence-electron chi connectivity index (χ1n) is 12.6. The van der Waals surface area contributed by atoms with Gasteiger partial charge in [0.05, 0.1) is 0 Å². The topological polar surface area (TPSA) is 78.9 Å². The van der Waals surface area contributed by atoms with E-state index in [-0.39, 0.29) is 29.0 Å². The highest BCUT2D eigenvalue weighted by atomic mass is 16.7. The number of carbonyl (C=O) groups excluding carboxylic acids is 3. The van der Waals surface area contributed by atoms with Crippen LogP contribution in [0.25, 0.3) is 0 Å². The van der Waals surface area contributed by atoms with E-state index < -0.39 is 17.9 Å². The largest absolute Gasteiger partial charge is 0.458 e. The zero-order valence-electron chi connectivity index (χ0n) is 21.1. The molecule has 0 amide bonds.